The Labute approximate surface area is 90.5 Å². The van der Waals surface area contributed by atoms with E-state index in [1.54, 1.807) is 12.4 Å². The molecule has 0 saturated carbocycles. The van der Waals surface area contributed by atoms with Crippen LogP contribution in [0.15, 0.2) is 29.3 Å². The van der Waals surface area contributed by atoms with Gasteiger partial charge in [-0.15, -0.1) is 5.10 Å². The Morgan fingerprint density at radius 2 is 2.20 bits per heavy atom. The number of hydrogen-bond acceptors (Lipinski definition) is 5. The Morgan fingerprint density at radius 3 is 2.87 bits per heavy atom. The van der Waals surface area contributed by atoms with Crippen molar-refractivity contribution in [2.75, 3.05) is 12.4 Å². The van der Waals surface area contributed by atoms with E-state index in [0.717, 1.165) is 10.7 Å². The van der Waals surface area contributed by atoms with E-state index < -0.39 is 0 Å². The maximum atomic E-state index is 10.9. The van der Waals surface area contributed by atoms with Crippen molar-refractivity contribution in [2.45, 2.75) is 6.54 Å². The van der Waals surface area contributed by atoms with Gasteiger partial charge in [-0.05, 0) is 0 Å². The van der Waals surface area contributed by atoms with E-state index in [2.05, 4.69) is 14.9 Å². The van der Waals surface area contributed by atoms with Crippen molar-refractivity contribution in [2.24, 2.45) is 0 Å². The molecular weight excluding hydrogens is 212 g/mol. The van der Waals surface area contributed by atoms with Gasteiger partial charge in [-0.1, -0.05) is 4.49 Å². The van der Waals surface area contributed by atoms with Crippen LogP contribution in [0, 0.1) is 0 Å². The summed E-state index contributed by atoms with van der Waals surface area (Å²) in [7, 11) is 1.84. The molecule has 0 atom stereocenters. The molecule has 0 spiro atoms. The molecule has 2 aromatic rings. The van der Waals surface area contributed by atoms with E-state index in [9.17, 15) is 4.79 Å². The molecule has 0 aliphatic rings. The van der Waals surface area contributed by atoms with Crippen molar-refractivity contribution in [3.05, 3.63) is 40.4 Å². The number of nitrogens with zero attached hydrogens (tertiary/aromatic N) is 3. The largest absolute Gasteiger partial charge is 0.377 e. The van der Waals surface area contributed by atoms with Crippen LogP contribution in [-0.2, 0) is 6.54 Å². The predicted octanol–water partition coefficient (Wildman–Crippen LogP) is 0.790. The van der Waals surface area contributed by atoms with Crippen molar-refractivity contribution in [3.8, 4) is 0 Å². The lowest BCUT2D eigenvalue weighted by molar-refractivity contribution is 0.762. The molecule has 78 valence electrons. The molecule has 0 aromatic carbocycles. The molecule has 5 nitrogen and oxygen atoms in total. The second-order valence-corrected chi connectivity index (χ2v) is 3.76. The Morgan fingerprint density at radius 1 is 1.47 bits per heavy atom. The van der Waals surface area contributed by atoms with Crippen LogP contribution in [-0.4, -0.2) is 21.2 Å². The first kappa shape index (κ1) is 9.85. The van der Waals surface area contributed by atoms with Gasteiger partial charge in [0.1, 0.15) is 10.7 Å². The quantitative estimate of drug-likeness (QED) is 0.834. The molecule has 0 amide bonds. The number of anilines is 1. The first-order chi connectivity index (χ1) is 7.29. The lowest BCUT2D eigenvalue weighted by Gasteiger charge is -2.03. The number of nitrogens with one attached hydrogen (secondary N) is 1. The number of pyridine rings is 1. The zero-order valence-corrected chi connectivity index (χ0v) is 8.99. The van der Waals surface area contributed by atoms with Crippen molar-refractivity contribution in [3.63, 3.8) is 0 Å². The molecule has 0 saturated heterocycles. The summed E-state index contributed by atoms with van der Waals surface area (Å²) < 4.78 is 5.75. The fourth-order valence-electron chi connectivity index (χ4n) is 1.22. The van der Waals surface area contributed by atoms with Gasteiger partial charge in [0, 0.05) is 43.1 Å². The van der Waals surface area contributed by atoms with Crippen LogP contribution in [0.5, 0.6) is 0 Å². The van der Waals surface area contributed by atoms with E-state index in [1.807, 2.05) is 11.6 Å². The highest BCUT2D eigenvalue weighted by Crippen LogP contribution is 2.17. The summed E-state index contributed by atoms with van der Waals surface area (Å²) in [5.41, 5.74) is 0.891. The molecule has 0 bridgehead atoms. The molecular formula is C9H10N4OS. The van der Waals surface area contributed by atoms with Crippen LogP contribution in [0.25, 0.3) is 0 Å². The fraction of sp³-hybridized carbons (Fsp3) is 0.222. The average molecular weight is 222 g/mol. The topological polar surface area (TPSA) is 59.8 Å². The van der Waals surface area contributed by atoms with Crippen LogP contribution >= 0.6 is 11.5 Å². The van der Waals surface area contributed by atoms with Gasteiger partial charge in [0.05, 0.1) is 6.54 Å². The monoisotopic (exact) mass is 222 g/mol. The normalized spacial score (nSPS) is 10.2. The van der Waals surface area contributed by atoms with E-state index in [4.69, 9.17) is 0 Å². The Bertz CT molecular complexity index is 484. The highest BCUT2D eigenvalue weighted by molar-refractivity contribution is 7.10. The van der Waals surface area contributed by atoms with Gasteiger partial charge in [0.15, 0.2) is 5.43 Å². The highest BCUT2D eigenvalue weighted by atomic mass is 32.1. The van der Waals surface area contributed by atoms with E-state index >= 15 is 0 Å². The SMILES string of the molecule is CNc1snnc1Cn1ccc(=O)cc1. The molecule has 2 heterocycles. The summed E-state index contributed by atoms with van der Waals surface area (Å²) >= 11 is 1.32. The number of hydrogen-bond donors (Lipinski definition) is 1. The minimum absolute atomic E-state index is 0.0106. The van der Waals surface area contributed by atoms with Crippen LogP contribution in [0.4, 0.5) is 5.00 Å². The molecule has 15 heavy (non-hydrogen) atoms. The van der Waals surface area contributed by atoms with Crippen LogP contribution < -0.4 is 10.7 Å². The first-order valence-corrected chi connectivity index (χ1v) is 5.22. The summed E-state index contributed by atoms with van der Waals surface area (Å²) in [5.74, 6) is 0. The molecule has 6 heteroatoms. The summed E-state index contributed by atoms with van der Waals surface area (Å²) in [6.07, 6.45) is 3.47. The van der Waals surface area contributed by atoms with E-state index in [-0.39, 0.29) is 5.43 Å². The average Bonchev–Trinajstić information content (AvgIpc) is 2.69. The molecule has 0 aliphatic heterocycles. The van der Waals surface area contributed by atoms with Gasteiger partial charge in [-0.2, -0.15) is 0 Å². The smallest absolute Gasteiger partial charge is 0.181 e. The first-order valence-electron chi connectivity index (χ1n) is 4.44. The predicted molar refractivity (Wildman–Crippen MR) is 59.3 cm³/mol. The molecule has 2 rings (SSSR count). The molecule has 0 radical (unpaired) electrons. The van der Waals surface area contributed by atoms with Gasteiger partial charge in [0.2, 0.25) is 0 Å². The maximum Gasteiger partial charge on any atom is 0.181 e. The molecule has 0 aliphatic carbocycles. The van der Waals surface area contributed by atoms with Crippen LogP contribution in [0.1, 0.15) is 5.69 Å². The third kappa shape index (κ3) is 2.21. The number of rotatable bonds is 3. The standard InChI is InChI=1S/C9H10N4OS/c1-10-9-8(11-12-15-9)6-13-4-2-7(14)3-5-13/h2-5,10H,6H2,1H3. The second-order valence-electron chi connectivity index (χ2n) is 3.00. The Balaban J connectivity index is 2.21. The molecule has 0 fully saturated rings. The van der Waals surface area contributed by atoms with Gasteiger partial charge >= 0.3 is 0 Å². The second kappa shape index (κ2) is 4.22. The maximum absolute atomic E-state index is 10.9. The summed E-state index contributed by atoms with van der Waals surface area (Å²) in [5, 5.41) is 7.99. The van der Waals surface area contributed by atoms with Crippen LogP contribution in [0.2, 0.25) is 0 Å². The van der Waals surface area contributed by atoms with Crippen molar-refractivity contribution in [1.29, 1.82) is 0 Å². The van der Waals surface area contributed by atoms with E-state index in [0.29, 0.717) is 6.54 Å². The Hall–Kier alpha value is -1.69. The molecule has 1 N–H and O–H groups in total. The number of aromatic nitrogens is 3. The summed E-state index contributed by atoms with van der Waals surface area (Å²) in [6, 6.07) is 3.05. The fourth-order valence-corrected chi connectivity index (χ4v) is 1.75. The lowest BCUT2D eigenvalue weighted by Crippen LogP contribution is -2.06. The van der Waals surface area contributed by atoms with E-state index in [1.165, 1.54) is 23.7 Å². The van der Waals surface area contributed by atoms with Gasteiger partial charge in [-0.3, -0.25) is 4.79 Å². The highest BCUT2D eigenvalue weighted by Gasteiger charge is 2.05. The minimum atomic E-state index is 0.0106. The third-order valence-corrected chi connectivity index (χ3v) is 2.76. The zero-order chi connectivity index (χ0) is 10.7. The van der Waals surface area contributed by atoms with Crippen molar-refractivity contribution < 1.29 is 0 Å². The molecule has 0 unspecified atom stereocenters. The zero-order valence-electron chi connectivity index (χ0n) is 8.17. The van der Waals surface area contributed by atoms with Crippen molar-refractivity contribution in [1.82, 2.24) is 14.2 Å². The minimum Gasteiger partial charge on any atom is -0.377 e. The van der Waals surface area contributed by atoms with Gasteiger partial charge < -0.3 is 9.88 Å². The molecule has 2 aromatic heterocycles. The van der Waals surface area contributed by atoms with Gasteiger partial charge in [0.25, 0.3) is 0 Å². The lowest BCUT2D eigenvalue weighted by atomic mass is 10.4. The summed E-state index contributed by atoms with van der Waals surface area (Å²) in [6.45, 7) is 0.618. The Kier molecular flexibility index (Phi) is 2.77. The van der Waals surface area contributed by atoms with Gasteiger partial charge in [-0.25, -0.2) is 0 Å². The van der Waals surface area contributed by atoms with Crippen LogP contribution in [0.3, 0.4) is 0 Å². The third-order valence-electron chi connectivity index (χ3n) is 1.98. The summed E-state index contributed by atoms with van der Waals surface area (Å²) in [4.78, 5) is 10.9. The van der Waals surface area contributed by atoms with Crippen molar-refractivity contribution >= 4 is 16.5 Å².